The molecule has 94 valence electrons. The second-order valence-corrected chi connectivity index (χ2v) is 5.68. The lowest BCUT2D eigenvalue weighted by molar-refractivity contribution is 0.222. The third kappa shape index (κ3) is 1.85. The molecule has 3 rings (SSSR count). The Morgan fingerprint density at radius 2 is 1.88 bits per heavy atom. The van der Waals surface area contributed by atoms with E-state index in [2.05, 4.69) is 23.8 Å². The van der Waals surface area contributed by atoms with Crippen LogP contribution in [0.1, 0.15) is 55.8 Å². The summed E-state index contributed by atoms with van der Waals surface area (Å²) in [5.41, 5.74) is 2.53. The molecule has 1 saturated carbocycles. The maximum atomic E-state index is 4.76. The van der Waals surface area contributed by atoms with Crippen molar-refractivity contribution in [1.29, 1.82) is 0 Å². The second-order valence-electron chi connectivity index (χ2n) is 5.68. The first-order chi connectivity index (χ1) is 8.27. The van der Waals surface area contributed by atoms with Crippen LogP contribution in [0.25, 0.3) is 0 Å². The molecular formula is C14H23N3. The van der Waals surface area contributed by atoms with Gasteiger partial charge in [0.05, 0.1) is 11.7 Å². The summed E-state index contributed by atoms with van der Waals surface area (Å²) in [7, 11) is 0. The standard InChI is InChI=1S/C14H23N3/c1-10-11(2)16-17-13(8-9-15-14(10)17)12-6-4-3-5-7-12/h12-13,15H,3-9H2,1-2H3. The molecule has 3 nitrogen and oxygen atoms in total. The van der Waals surface area contributed by atoms with Crippen molar-refractivity contribution in [1.82, 2.24) is 9.78 Å². The van der Waals surface area contributed by atoms with E-state index in [9.17, 15) is 0 Å². The van der Waals surface area contributed by atoms with Crippen molar-refractivity contribution < 1.29 is 0 Å². The number of anilines is 1. The highest BCUT2D eigenvalue weighted by Crippen LogP contribution is 2.39. The molecule has 0 spiro atoms. The zero-order valence-electron chi connectivity index (χ0n) is 11.0. The number of nitrogens with zero attached hydrogens (tertiary/aromatic N) is 2. The number of hydrogen-bond acceptors (Lipinski definition) is 2. The topological polar surface area (TPSA) is 29.9 Å². The van der Waals surface area contributed by atoms with Crippen LogP contribution >= 0.6 is 0 Å². The van der Waals surface area contributed by atoms with Gasteiger partial charge in [-0.15, -0.1) is 0 Å². The number of aryl methyl sites for hydroxylation is 1. The molecule has 1 atom stereocenters. The predicted octanol–water partition coefficient (Wildman–Crippen LogP) is 3.44. The molecule has 1 N–H and O–H groups in total. The molecule has 17 heavy (non-hydrogen) atoms. The summed E-state index contributed by atoms with van der Waals surface area (Å²) in [4.78, 5) is 0. The summed E-state index contributed by atoms with van der Waals surface area (Å²) in [6.07, 6.45) is 8.33. The van der Waals surface area contributed by atoms with Gasteiger partial charge in [0.25, 0.3) is 0 Å². The van der Waals surface area contributed by atoms with Gasteiger partial charge in [-0.25, -0.2) is 4.68 Å². The van der Waals surface area contributed by atoms with Gasteiger partial charge >= 0.3 is 0 Å². The van der Waals surface area contributed by atoms with E-state index in [-0.39, 0.29) is 0 Å². The van der Waals surface area contributed by atoms with Crippen molar-refractivity contribution in [2.24, 2.45) is 5.92 Å². The van der Waals surface area contributed by atoms with Gasteiger partial charge in [-0.05, 0) is 39.0 Å². The maximum Gasteiger partial charge on any atom is 0.127 e. The Labute approximate surface area is 104 Å². The summed E-state index contributed by atoms with van der Waals surface area (Å²) >= 11 is 0. The minimum atomic E-state index is 0.652. The first kappa shape index (κ1) is 11.1. The first-order valence-corrected chi connectivity index (χ1v) is 7.07. The molecule has 1 aromatic rings. The van der Waals surface area contributed by atoms with Crippen LogP contribution in [0.15, 0.2) is 0 Å². The lowest BCUT2D eigenvalue weighted by Gasteiger charge is -2.34. The molecule has 0 amide bonds. The highest BCUT2D eigenvalue weighted by molar-refractivity contribution is 5.48. The summed E-state index contributed by atoms with van der Waals surface area (Å²) < 4.78 is 2.30. The highest BCUT2D eigenvalue weighted by Gasteiger charge is 2.30. The molecule has 0 bridgehead atoms. The Bertz CT molecular complexity index is 402. The van der Waals surface area contributed by atoms with E-state index >= 15 is 0 Å². The predicted molar refractivity (Wildman–Crippen MR) is 70.4 cm³/mol. The number of aromatic nitrogens is 2. The molecule has 2 heterocycles. The highest BCUT2D eigenvalue weighted by atomic mass is 15.4. The van der Waals surface area contributed by atoms with Crippen LogP contribution in [0, 0.1) is 19.8 Å². The lowest BCUT2D eigenvalue weighted by atomic mass is 9.82. The third-order valence-electron chi connectivity index (χ3n) is 4.63. The van der Waals surface area contributed by atoms with Crippen LogP contribution in [0.3, 0.4) is 0 Å². The monoisotopic (exact) mass is 233 g/mol. The minimum absolute atomic E-state index is 0.652. The molecule has 0 radical (unpaired) electrons. The van der Waals surface area contributed by atoms with E-state index in [1.165, 1.54) is 55.6 Å². The van der Waals surface area contributed by atoms with Crippen LogP contribution < -0.4 is 5.32 Å². The van der Waals surface area contributed by atoms with E-state index in [0.29, 0.717) is 6.04 Å². The molecular weight excluding hydrogens is 210 g/mol. The van der Waals surface area contributed by atoms with E-state index in [0.717, 1.165) is 12.5 Å². The third-order valence-corrected chi connectivity index (χ3v) is 4.63. The Balaban J connectivity index is 1.90. The number of nitrogens with one attached hydrogen (secondary N) is 1. The Hall–Kier alpha value is -0.990. The van der Waals surface area contributed by atoms with Gasteiger partial charge in [-0.3, -0.25) is 0 Å². The molecule has 1 fully saturated rings. The average Bonchev–Trinajstić information content (AvgIpc) is 2.67. The van der Waals surface area contributed by atoms with Crippen molar-refractivity contribution in [2.45, 2.75) is 58.4 Å². The van der Waals surface area contributed by atoms with Gasteiger partial charge in [0, 0.05) is 12.1 Å². The van der Waals surface area contributed by atoms with Gasteiger partial charge in [0.15, 0.2) is 0 Å². The van der Waals surface area contributed by atoms with Gasteiger partial charge < -0.3 is 5.32 Å². The average molecular weight is 233 g/mol. The van der Waals surface area contributed by atoms with E-state index in [1.54, 1.807) is 0 Å². The fraction of sp³-hybridized carbons (Fsp3) is 0.786. The fourth-order valence-corrected chi connectivity index (χ4v) is 3.50. The van der Waals surface area contributed by atoms with Gasteiger partial charge in [0.1, 0.15) is 5.82 Å². The van der Waals surface area contributed by atoms with Crippen LogP contribution in [-0.2, 0) is 0 Å². The largest absolute Gasteiger partial charge is 0.370 e. The van der Waals surface area contributed by atoms with Gasteiger partial charge in [-0.1, -0.05) is 19.3 Å². The Morgan fingerprint density at radius 3 is 2.65 bits per heavy atom. The molecule has 3 heteroatoms. The zero-order valence-corrected chi connectivity index (χ0v) is 11.0. The number of hydrogen-bond donors (Lipinski definition) is 1. The maximum absolute atomic E-state index is 4.76. The second kappa shape index (κ2) is 4.35. The van der Waals surface area contributed by atoms with E-state index in [4.69, 9.17) is 5.10 Å². The molecule has 1 aliphatic carbocycles. The van der Waals surface area contributed by atoms with Gasteiger partial charge in [0.2, 0.25) is 0 Å². The van der Waals surface area contributed by atoms with Crippen molar-refractivity contribution in [3.8, 4) is 0 Å². The Morgan fingerprint density at radius 1 is 1.12 bits per heavy atom. The van der Waals surface area contributed by atoms with Crippen LogP contribution in [0.2, 0.25) is 0 Å². The summed E-state index contributed by atoms with van der Waals surface area (Å²) in [5, 5.41) is 8.28. The first-order valence-electron chi connectivity index (χ1n) is 7.07. The fourth-order valence-electron chi connectivity index (χ4n) is 3.50. The Kier molecular flexibility index (Phi) is 2.85. The van der Waals surface area contributed by atoms with Crippen LogP contribution in [0.5, 0.6) is 0 Å². The molecule has 1 aromatic heterocycles. The van der Waals surface area contributed by atoms with Crippen molar-refractivity contribution in [3.05, 3.63) is 11.3 Å². The SMILES string of the molecule is Cc1nn2c(c1C)NCCC2C1CCCCC1. The van der Waals surface area contributed by atoms with Crippen molar-refractivity contribution in [3.63, 3.8) is 0 Å². The minimum Gasteiger partial charge on any atom is -0.370 e. The van der Waals surface area contributed by atoms with Crippen molar-refractivity contribution in [2.75, 3.05) is 11.9 Å². The normalized spacial score (nSPS) is 25.4. The van der Waals surface area contributed by atoms with E-state index < -0.39 is 0 Å². The quantitative estimate of drug-likeness (QED) is 0.805. The smallest absolute Gasteiger partial charge is 0.127 e. The summed E-state index contributed by atoms with van der Waals surface area (Å²) in [5.74, 6) is 2.15. The number of rotatable bonds is 1. The molecule has 1 aliphatic heterocycles. The molecule has 2 aliphatic rings. The van der Waals surface area contributed by atoms with E-state index in [1.807, 2.05) is 0 Å². The molecule has 1 unspecified atom stereocenters. The molecule has 0 saturated heterocycles. The van der Waals surface area contributed by atoms with Crippen LogP contribution in [-0.4, -0.2) is 16.3 Å². The molecule has 0 aromatic carbocycles. The van der Waals surface area contributed by atoms with Crippen molar-refractivity contribution >= 4 is 5.82 Å². The number of fused-ring (bicyclic) bond motifs is 1. The summed E-state index contributed by atoms with van der Waals surface area (Å²) in [6.45, 7) is 5.43. The lowest BCUT2D eigenvalue weighted by Crippen LogP contribution is -2.30. The van der Waals surface area contributed by atoms with Gasteiger partial charge in [-0.2, -0.15) is 5.10 Å². The zero-order chi connectivity index (χ0) is 11.8. The summed E-state index contributed by atoms with van der Waals surface area (Å²) in [6, 6.07) is 0.652. The van der Waals surface area contributed by atoms with Crippen LogP contribution in [0.4, 0.5) is 5.82 Å².